The molecule has 0 saturated heterocycles. The molecule has 2 aromatic rings. The number of benzene rings is 2. The maximum absolute atomic E-state index is 3.21. The van der Waals surface area contributed by atoms with Crippen LogP contribution in [0.4, 0.5) is 11.4 Å². The predicted octanol–water partition coefficient (Wildman–Crippen LogP) is 3.02. The minimum atomic E-state index is 0.957. The van der Waals surface area contributed by atoms with Crippen molar-refractivity contribution >= 4 is 11.4 Å². The van der Waals surface area contributed by atoms with Gasteiger partial charge in [0.15, 0.2) is 0 Å². The Kier molecular flexibility index (Phi) is 7.09. The summed E-state index contributed by atoms with van der Waals surface area (Å²) in [6, 6.07) is 19.4. The van der Waals surface area contributed by atoms with Crippen LogP contribution in [0.2, 0.25) is 0 Å². The Hall–Kier alpha value is -2.34. The molecule has 28 heavy (non-hydrogen) atoms. The molecule has 1 N–H and O–H groups in total. The zero-order valence-electron chi connectivity index (χ0n) is 17.6. The summed E-state index contributed by atoms with van der Waals surface area (Å²) in [6.07, 6.45) is 2.29. The number of hydrazine groups is 1. The van der Waals surface area contributed by atoms with Gasteiger partial charge in [0.1, 0.15) is 0 Å². The van der Waals surface area contributed by atoms with Crippen LogP contribution >= 0.6 is 0 Å². The Bertz CT molecular complexity index is 774. The zero-order valence-corrected chi connectivity index (χ0v) is 17.6. The third-order valence-electron chi connectivity index (χ3n) is 5.11. The molecule has 0 unspecified atom stereocenters. The van der Waals surface area contributed by atoms with E-state index in [2.05, 4.69) is 107 Å². The van der Waals surface area contributed by atoms with Crippen molar-refractivity contribution in [1.29, 1.82) is 0 Å². The summed E-state index contributed by atoms with van der Waals surface area (Å²) in [4.78, 5) is 4.66. The summed E-state index contributed by atoms with van der Waals surface area (Å²) in [5.74, 6) is 0. The molecular formula is C23H33N5. The molecule has 0 fully saturated rings. The van der Waals surface area contributed by atoms with E-state index in [1.165, 1.54) is 22.5 Å². The van der Waals surface area contributed by atoms with Crippen LogP contribution < -0.4 is 15.2 Å². The maximum Gasteiger partial charge on any atom is 0.0593 e. The van der Waals surface area contributed by atoms with Crippen molar-refractivity contribution < 1.29 is 0 Å². The molecule has 3 rings (SSSR count). The van der Waals surface area contributed by atoms with Crippen molar-refractivity contribution in [2.24, 2.45) is 0 Å². The van der Waals surface area contributed by atoms with Gasteiger partial charge in [0.2, 0.25) is 0 Å². The normalized spacial score (nSPS) is 14.6. The first-order chi connectivity index (χ1) is 13.6. The van der Waals surface area contributed by atoms with Gasteiger partial charge >= 0.3 is 0 Å². The number of hydrogen-bond donors (Lipinski definition) is 1. The molecule has 0 spiro atoms. The molecule has 0 radical (unpaired) electrons. The molecule has 1 aliphatic heterocycles. The number of rotatable bonds is 9. The Morgan fingerprint density at radius 2 is 1.79 bits per heavy atom. The fraction of sp³-hybridized carbons (Fsp3) is 0.391. The average molecular weight is 380 g/mol. The summed E-state index contributed by atoms with van der Waals surface area (Å²) in [6.45, 7) is 4.85. The van der Waals surface area contributed by atoms with Crippen LogP contribution in [0.25, 0.3) is 0 Å². The van der Waals surface area contributed by atoms with Gasteiger partial charge in [-0.15, -0.1) is 0 Å². The highest BCUT2D eigenvalue weighted by Crippen LogP contribution is 2.27. The van der Waals surface area contributed by atoms with Gasteiger partial charge < -0.3 is 10.2 Å². The van der Waals surface area contributed by atoms with Crippen molar-refractivity contribution in [3.63, 3.8) is 0 Å². The second kappa shape index (κ2) is 9.73. The van der Waals surface area contributed by atoms with Crippen LogP contribution in [0.5, 0.6) is 0 Å². The van der Waals surface area contributed by atoms with Gasteiger partial charge in [-0.3, -0.25) is 9.91 Å². The van der Waals surface area contributed by atoms with E-state index < -0.39 is 0 Å². The van der Waals surface area contributed by atoms with Crippen molar-refractivity contribution in [3.05, 3.63) is 71.9 Å². The second-order valence-corrected chi connectivity index (χ2v) is 7.65. The highest BCUT2D eigenvalue weighted by Gasteiger charge is 2.21. The molecule has 0 aromatic heterocycles. The quantitative estimate of drug-likeness (QED) is 0.722. The van der Waals surface area contributed by atoms with Crippen LogP contribution in [-0.2, 0) is 6.54 Å². The lowest BCUT2D eigenvalue weighted by atomic mass is 10.2. The lowest BCUT2D eigenvalue weighted by Gasteiger charge is -2.27. The molecule has 5 nitrogen and oxygen atoms in total. The van der Waals surface area contributed by atoms with Crippen LogP contribution in [0.1, 0.15) is 5.56 Å². The SMILES string of the molecule is CNCCN(C)c1cccc(N2C=C(CN(C)Cc3ccccc3)CN2C)c1. The van der Waals surface area contributed by atoms with E-state index >= 15 is 0 Å². The Morgan fingerprint density at radius 3 is 2.54 bits per heavy atom. The van der Waals surface area contributed by atoms with Crippen LogP contribution in [0.3, 0.4) is 0 Å². The molecule has 0 amide bonds. The van der Waals surface area contributed by atoms with E-state index in [0.717, 1.165) is 32.7 Å². The Balaban J connectivity index is 1.65. The number of likely N-dealkylation sites (N-methyl/N-ethyl adjacent to an activating group) is 4. The van der Waals surface area contributed by atoms with E-state index in [1.807, 2.05) is 7.05 Å². The molecule has 0 aliphatic carbocycles. The largest absolute Gasteiger partial charge is 0.373 e. The molecule has 150 valence electrons. The Labute approximate surface area is 169 Å². The molecule has 0 bridgehead atoms. The van der Waals surface area contributed by atoms with Gasteiger partial charge in [-0.05, 0) is 43.4 Å². The summed E-state index contributed by atoms with van der Waals surface area (Å²) in [5, 5.41) is 7.75. The number of hydrogen-bond acceptors (Lipinski definition) is 5. The second-order valence-electron chi connectivity index (χ2n) is 7.65. The van der Waals surface area contributed by atoms with Crippen molar-refractivity contribution in [3.8, 4) is 0 Å². The smallest absolute Gasteiger partial charge is 0.0593 e. The van der Waals surface area contributed by atoms with Crippen molar-refractivity contribution in [2.45, 2.75) is 6.54 Å². The summed E-state index contributed by atoms with van der Waals surface area (Å²) >= 11 is 0. The van der Waals surface area contributed by atoms with Gasteiger partial charge in [-0.25, -0.2) is 5.01 Å². The summed E-state index contributed by atoms with van der Waals surface area (Å²) < 4.78 is 0. The fourth-order valence-electron chi connectivity index (χ4n) is 3.62. The minimum Gasteiger partial charge on any atom is -0.373 e. The Morgan fingerprint density at radius 1 is 1.00 bits per heavy atom. The summed E-state index contributed by atoms with van der Waals surface area (Å²) in [7, 11) is 8.47. The van der Waals surface area contributed by atoms with E-state index in [0.29, 0.717) is 0 Å². The van der Waals surface area contributed by atoms with E-state index in [9.17, 15) is 0 Å². The highest BCUT2D eigenvalue weighted by molar-refractivity contribution is 5.60. The third-order valence-corrected chi connectivity index (χ3v) is 5.11. The standard InChI is InChI=1S/C23H33N5/c1-24-13-14-26(3)22-11-8-12-23(15-22)28-19-21(18-27(28)4)17-25(2)16-20-9-6-5-7-10-20/h5-12,15,19,24H,13-14,16-18H2,1-4H3. The lowest BCUT2D eigenvalue weighted by molar-refractivity contribution is 0.338. The van der Waals surface area contributed by atoms with Gasteiger partial charge in [0, 0.05) is 58.7 Å². The number of nitrogens with zero attached hydrogens (tertiary/aromatic N) is 4. The predicted molar refractivity (Wildman–Crippen MR) is 120 cm³/mol. The molecule has 2 aromatic carbocycles. The fourth-order valence-corrected chi connectivity index (χ4v) is 3.62. The van der Waals surface area contributed by atoms with Gasteiger partial charge in [0.05, 0.1) is 5.69 Å². The van der Waals surface area contributed by atoms with Crippen LogP contribution in [-0.4, -0.2) is 64.3 Å². The van der Waals surface area contributed by atoms with Gasteiger partial charge in [-0.2, -0.15) is 0 Å². The van der Waals surface area contributed by atoms with E-state index in [1.54, 1.807) is 0 Å². The van der Waals surface area contributed by atoms with Crippen molar-refractivity contribution in [1.82, 2.24) is 15.2 Å². The van der Waals surface area contributed by atoms with E-state index in [4.69, 9.17) is 0 Å². The van der Waals surface area contributed by atoms with E-state index in [-0.39, 0.29) is 0 Å². The van der Waals surface area contributed by atoms with Gasteiger partial charge in [-0.1, -0.05) is 36.4 Å². The van der Waals surface area contributed by atoms with Gasteiger partial charge in [0.25, 0.3) is 0 Å². The topological polar surface area (TPSA) is 25.0 Å². The lowest BCUT2D eigenvalue weighted by Crippen LogP contribution is -2.32. The first-order valence-electron chi connectivity index (χ1n) is 9.95. The minimum absolute atomic E-state index is 0.957. The first-order valence-corrected chi connectivity index (χ1v) is 9.95. The maximum atomic E-state index is 3.21. The molecule has 5 heteroatoms. The van der Waals surface area contributed by atoms with Crippen LogP contribution in [0.15, 0.2) is 66.4 Å². The number of anilines is 2. The molecule has 1 aliphatic rings. The zero-order chi connectivity index (χ0) is 19.9. The highest BCUT2D eigenvalue weighted by atomic mass is 15.6. The molecule has 1 heterocycles. The molecule has 0 atom stereocenters. The van der Waals surface area contributed by atoms with Crippen LogP contribution in [0, 0.1) is 0 Å². The molecular weight excluding hydrogens is 346 g/mol. The monoisotopic (exact) mass is 379 g/mol. The third kappa shape index (κ3) is 5.35. The number of nitrogens with one attached hydrogen (secondary N) is 1. The van der Waals surface area contributed by atoms with Crippen molar-refractivity contribution in [2.75, 3.05) is 64.3 Å². The average Bonchev–Trinajstić information content (AvgIpc) is 3.06. The first kappa shape index (κ1) is 20.4. The summed E-state index contributed by atoms with van der Waals surface area (Å²) in [5.41, 5.74) is 5.22. The molecule has 0 saturated carbocycles.